The van der Waals surface area contributed by atoms with Gasteiger partial charge in [0, 0.05) is 36.2 Å². The number of carbonyl (C=O) groups excluding carboxylic acids is 1. The van der Waals surface area contributed by atoms with Crippen molar-refractivity contribution in [1.29, 1.82) is 5.26 Å². The summed E-state index contributed by atoms with van der Waals surface area (Å²) in [6, 6.07) is 8.26. The van der Waals surface area contributed by atoms with Gasteiger partial charge in [0.05, 0.1) is 17.9 Å². The number of amides is 1. The number of β-amino-alcohol motifs (C(OH)–C–C–N with tert-alkyl or cyclic N) is 1. The van der Waals surface area contributed by atoms with Gasteiger partial charge in [-0.3, -0.25) is 4.79 Å². The fourth-order valence-corrected chi connectivity index (χ4v) is 3.41. The van der Waals surface area contributed by atoms with E-state index in [-0.39, 0.29) is 36.9 Å². The van der Waals surface area contributed by atoms with Crippen LogP contribution < -0.4 is 10.2 Å². The number of rotatable bonds is 4. The van der Waals surface area contributed by atoms with E-state index in [0.29, 0.717) is 35.5 Å². The van der Waals surface area contributed by atoms with Gasteiger partial charge in [0.2, 0.25) is 5.95 Å². The molecule has 0 radical (unpaired) electrons. The van der Waals surface area contributed by atoms with Gasteiger partial charge in [0.25, 0.3) is 11.8 Å². The van der Waals surface area contributed by atoms with Crippen molar-refractivity contribution in [2.24, 2.45) is 0 Å². The van der Waals surface area contributed by atoms with Crippen LogP contribution in [0.2, 0.25) is 0 Å². The highest BCUT2D eigenvalue weighted by molar-refractivity contribution is 5.94. The van der Waals surface area contributed by atoms with Crippen molar-refractivity contribution in [2.45, 2.75) is 24.9 Å². The van der Waals surface area contributed by atoms with Crippen molar-refractivity contribution in [1.82, 2.24) is 15.3 Å². The molecule has 0 atom stereocenters. The number of nitriles is 1. The SMILES string of the molecule is N#CCNC(=O)c1ccc(-c2nc(N3CC(O)C3)nc3c2CCC3(F)F)cc1. The molecule has 2 heterocycles. The molecule has 0 saturated carbocycles. The standard InChI is InChI=1S/C19H17F2N5O2/c20-19(21)6-5-14-15(24-18(25-16(14)19)26-9-13(27)10-26)11-1-3-12(4-2-11)17(28)23-8-7-22/h1-4,13,27H,5-6,8-10H2,(H,23,28). The van der Waals surface area contributed by atoms with Crippen LogP contribution in [0.15, 0.2) is 24.3 Å². The van der Waals surface area contributed by atoms with Crippen LogP contribution in [0.5, 0.6) is 0 Å². The van der Waals surface area contributed by atoms with E-state index in [1.54, 1.807) is 29.2 Å². The summed E-state index contributed by atoms with van der Waals surface area (Å²) in [5, 5.41) is 20.5. The summed E-state index contributed by atoms with van der Waals surface area (Å²) >= 11 is 0. The molecular weight excluding hydrogens is 368 g/mol. The number of aliphatic hydroxyl groups excluding tert-OH is 1. The van der Waals surface area contributed by atoms with E-state index in [1.165, 1.54) is 0 Å². The molecule has 1 aromatic carbocycles. The second-order valence-corrected chi connectivity index (χ2v) is 6.88. The Balaban J connectivity index is 1.71. The predicted molar refractivity (Wildman–Crippen MR) is 95.8 cm³/mol. The van der Waals surface area contributed by atoms with Gasteiger partial charge in [-0.2, -0.15) is 14.0 Å². The minimum absolute atomic E-state index is 0.0971. The van der Waals surface area contributed by atoms with Gasteiger partial charge in [0.1, 0.15) is 12.2 Å². The molecule has 1 aliphatic carbocycles. The van der Waals surface area contributed by atoms with Gasteiger partial charge in [-0.05, 0) is 18.6 Å². The van der Waals surface area contributed by atoms with Gasteiger partial charge in [-0.15, -0.1) is 0 Å². The summed E-state index contributed by atoms with van der Waals surface area (Å²) < 4.78 is 28.7. The fraction of sp³-hybridized carbons (Fsp3) is 0.368. The lowest BCUT2D eigenvalue weighted by atomic mass is 10.0. The van der Waals surface area contributed by atoms with Crippen LogP contribution in [0.1, 0.15) is 28.0 Å². The lowest BCUT2D eigenvalue weighted by Gasteiger charge is -2.36. The molecule has 7 nitrogen and oxygen atoms in total. The average Bonchev–Trinajstić information content (AvgIpc) is 2.98. The van der Waals surface area contributed by atoms with Crippen molar-refractivity contribution in [3.63, 3.8) is 0 Å². The van der Waals surface area contributed by atoms with Crippen molar-refractivity contribution in [2.75, 3.05) is 24.5 Å². The number of aliphatic hydroxyl groups is 1. The number of halogens is 2. The quantitative estimate of drug-likeness (QED) is 0.776. The summed E-state index contributed by atoms with van der Waals surface area (Å²) in [5.41, 5.74) is 1.54. The average molecular weight is 385 g/mol. The highest BCUT2D eigenvalue weighted by atomic mass is 19.3. The summed E-state index contributed by atoms with van der Waals surface area (Å²) in [6.45, 7) is 0.518. The molecule has 28 heavy (non-hydrogen) atoms. The van der Waals surface area contributed by atoms with E-state index in [2.05, 4.69) is 15.3 Å². The lowest BCUT2D eigenvalue weighted by Crippen LogP contribution is -2.51. The first-order chi connectivity index (χ1) is 13.4. The first-order valence-corrected chi connectivity index (χ1v) is 8.87. The normalized spacial score (nSPS) is 17.6. The molecule has 2 N–H and O–H groups in total. The summed E-state index contributed by atoms with van der Waals surface area (Å²) in [7, 11) is 0. The maximum absolute atomic E-state index is 14.3. The molecule has 1 saturated heterocycles. The number of nitrogens with zero attached hydrogens (tertiary/aromatic N) is 4. The topological polar surface area (TPSA) is 102 Å². The highest BCUT2D eigenvalue weighted by Crippen LogP contribution is 2.44. The third kappa shape index (κ3) is 3.16. The number of alkyl halides is 2. The van der Waals surface area contributed by atoms with E-state index in [9.17, 15) is 18.7 Å². The molecule has 4 rings (SSSR count). The highest BCUT2D eigenvalue weighted by Gasteiger charge is 2.44. The van der Waals surface area contributed by atoms with Gasteiger partial charge in [-0.1, -0.05) is 12.1 Å². The second-order valence-electron chi connectivity index (χ2n) is 6.88. The Morgan fingerprint density at radius 3 is 2.68 bits per heavy atom. The molecular formula is C19H17F2N5O2. The van der Waals surface area contributed by atoms with E-state index in [1.807, 2.05) is 6.07 Å². The minimum Gasteiger partial charge on any atom is -0.389 e. The van der Waals surface area contributed by atoms with Crippen LogP contribution in [-0.2, 0) is 12.3 Å². The summed E-state index contributed by atoms with van der Waals surface area (Å²) in [4.78, 5) is 22.2. The van der Waals surface area contributed by atoms with E-state index in [0.717, 1.165) is 0 Å². The Morgan fingerprint density at radius 2 is 2.04 bits per heavy atom. The summed E-state index contributed by atoms with van der Waals surface area (Å²) in [5.74, 6) is -3.22. The van der Waals surface area contributed by atoms with E-state index < -0.39 is 12.0 Å². The first kappa shape index (κ1) is 18.3. The third-order valence-corrected chi connectivity index (χ3v) is 4.92. The van der Waals surface area contributed by atoms with Crippen LogP contribution in [0.25, 0.3) is 11.3 Å². The van der Waals surface area contributed by atoms with Crippen molar-refractivity contribution < 1.29 is 18.7 Å². The van der Waals surface area contributed by atoms with Gasteiger partial charge < -0.3 is 15.3 Å². The molecule has 0 unspecified atom stereocenters. The number of fused-ring (bicyclic) bond motifs is 1. The smallest absolute Gasteiger partial charge is 0.290 e. The Kier molecular flexibility index (Phi) is 4.43. The Bertz CT molecular complexity index is 966. The number of nitrogens with one attached hydrogen (secondary N) is 1. The van der Waals surface area contributed by atoms with Crippen molar-refractivity contribution >= 4 is 11.9 Å². The molecule has 0 bridgehead atoms. The van der Waals surface area contributed by atoms with Gasteiger partial charge >= 0.3 is 0 Å². The van der Waals surface area contributed by atoms with Crippen molar-refractivity contribution in [3.05, 3.63) is 41.1 Å². The number of carbonyl (C=O) groups is 1. The Labute approximate surface area is 159 Å². The predicted octanol–water partition coefficient (Wildman–Crippen LogP) is 1.62. The van der Waals surface area contributed by atoms with Crippen LogP contribution in [0.4, 0.5) is 14.7 Å². The van der Waals surface area contributed by atoms with Crippen LogP contribution in [0, 0.1) is 11.3 Å². The van der Waals surface area contributed by atoms with Crippen LogP contribution in [-0.4, -0.2) is 46.7 Å². The zero-order chi connectivity index (χ0) is 19.9. The summed E-state index contributed by atoms with van der Waals surface area (Å²) in [6.07, 6.45) is -0.651. The maximum atomic E-state index is 14.3. The van der Waals surface area contributed by atoms with Gasteiger partial charge in [-0.25, -0.2) is 9.97 Å². The lowest BCUT2D eigenvalue weighted by molar-refractivity contribution is -0.00597. The molecule has 2 aliphatic rings. The monoisotopic (exact) mass is 385 g/mol. The molecule has 1 aromatic heterocycles. The van der Waals surface area contributed by atoms with Crippen LogP contribution >= 0.6 is 0 Å². The molecule has 0 spiro atoms. The third-order valence-electron chi connectivity index (χ3n) is 4.92. The Hall–Kier alpha value is -3.12. The number of anilines is 1. The second kappa shape index (κ2) is 6.80. The minimum atomic E-state index is -3.01. The zero-order valence-corrected chi connectivity index (χ0v) is 14.8. The Morgan fingerprint density at radius 1 is 1.32 bits per heavy atom. The molecule has 2 aromatic rings. The molecule has 1 fully saturated rings. The molecule has 9 heteroatoms. The first-order valence-electron chi connectivity index (χ1n) is 8.87. The van der Waals surface area contributed by atoms with Crippen LogP contribution in [0.3, 0.4) is 0 Å². The van der Waals surface area contributed by atoms with E-state index in [4.69, 9.17) is 5.26 Å². The number of hydrogen-bond donors (Lipinski definition) is 2. The number of aromatic nitrogens is 2. The van der Waals surface area contributed by atoms with Gasteiger partial charge in [0.15, 0.2) is 0 Å². The van der Waals surface area contributed by atoms with Crippen molar-refractivity contribution in [3.8, 4) is 17.3 Å². The molecule has 144 valence electrons. The number of hydrogen-bond acceptors (Lipinski definition) is 6. The number of benzene rings is 1. The fourth-order valence-electron chi connectivity index (χ4n) is 3.41. The largest absolute Gasteiger partial charge is 0.389 e. The molecule has 1 aliphatic heterocycles. The zero-order valence-electron chi connectivity index (χ0n) is 14.8. The maximum Gasteiger partial charge on any atom is 0.290 e. The molecule has 1 amide bonds. The van der Waals surface area contributed by atoms with E-state index >= 15 is 0 Å².